The molecule has 0 aliphatic heterocycles. The smallest absolute Gasteiger partial charge is 0.146 e. The van der Waals surface area contributed by atoms with Crippen LogP contribution in [0.3, 0.4) is 0 Å². The summed E-state index contributed by atoms with van der Waals surface area (Å²) in [6, 6.07) is 8.75. The van der Waals surface area contributed by atoms with Gasteiger partial charge < -0.3 is 10.7 Å². The van der Waals surface area contributed by atoms with Crippen molar-refractivity contribution in [2.45, 2.75) is 6.54 Å². The van der Waals surface area contributed by atoms with Gasteiger partial charge in [0.1, 0.15) is 23.3 Å². The molecule has 0 spiro atoms. The van der Waals surface area contributed by atoms with Gasteiger partial charge in [0.15, 0.2) is 0 Å². The molecule has 0 aliphatic rings. The third-order valence-corrected chi connectivity index (χ3v) is 5.04. The minimum Gasteiger partial charge on any atom is -0.338 e. The Kier molecular flexibility index (Phi) is 4.74. The minimum atomic E-state index is -0.692. The molecule has 5 rings (SSSR count). The SMILES string of the molecule is Cn1cc(-c2cnc3ccc(N(Cc4nccn4N)c4cc(F)cc(F)c4)nc3c2)cn1. The van der Waals surface area contributed by atoms with E-state index in [9.17, 15) is 8.78 Å². The Morgan fingerprint density at radius 2 is 1.78 bits per heavy atom. The number of hydrogen-bond acceptors (Lipinski definition) is 6. The number of benzene rings is 1. The van der Waals surface area contributed by atoms with Crippen molar-refractivity contribution in [3.8, 4) is 11.1 Å². The average Bonchev–Trinajstić information content (AvgIpc) is 3.38. The largest absolute Gasteiger partial charge is 0.338 e. The van der Waals surface area contributed by atoms with E-state index in [0.717, 1.165) is 17.2 Å². The Morgan fingerprint density at radius 1 is 0.969 bits per heavy atom. The zero-order chi connectivity index (χ0) is 22.2. The fraction of sp³-hybridized carbons (Fsp3) is 0.0909. The number of halogens is 2. The predicted molar refractivity (Wildman–Crippen MR) is 116 cm³/mol. The number of nitrogen functional groups attached to an aromatic ring is 1. The molecular weight excluding hydrogens is 414 g/mol. The molecule has 0 bridgehead atoms. The maximum atomic E-state index is 14.0. The summed E-state index contributed by atoms with van der Waals surface area (Å²) in [7, 11) is 1.84. The van der Waals surface area contributed by atoms with Crippen LogP contribution in [0.1, 0.15) is 5.82 Å². The highest BCUT2D eigenvalue weighted by molar-refractivity contribution is 5.82. The summed E-state index contributed by atoms with van der Waals surface area (Å²) in [6.45, 7) is 0.153. The number of pyridine rings is 2. The molecule has 0 aliphatic carbocycles. The molecule has 5 aromatic rings. The fourth-order valence-electron chi connectivity index (χ4n) is 3.48. The van der Waals surface area contributed by atoms with Crippen LogP contribution in [0.15, 0.2) is 67.4 Å². The molecule has 0 saturated carbocycles. The van der Waals surface area contributed by atoms with Crippen LogP contribution in [0.5, 0.6) is 0 Å². The summed E-state index contributed by atoms with van der Waals surface area (Å²) >= 11 is 0. The molecule has 8 nitrogen and oxygen atoms in total. The Labute approximate surface area is 181 Å². The molecule has 0 radical (unpaired) electrons. The van der Waals surface area contributed by atoms with Crippen LogP contribution in [0.2, 0.25) is 0 Å². The third-order valence-electron chi connectivity index (χ3n) is 5.04. The van der Waals surface area contributed by atoms with Gasteiger partial charge in [0.05, 0.1) is 23.8 Å². The summed E-state index contributed by atoms with van der Waals surface area (Å²) in [5.74, 6) is 5.51. The van der Waals surface area contributed by atoms with Crippen LogP contribution in [0, 0.1) is 11.6 Å². The van der Waals surface area contributed by atoms with Crippen LogP contribution in [-0.2, 0) is 13.6 Å². The lowest BCUT2D eigenvalue weighted by Crippen LogP contribution is -2.23. The molecule has 4 aromatic heterocycles. The molecule has 1 aromatic carbocycles. The lowest BCUT2D eigenvalue weighted by atomic mass is 10.1. The summed E-state index contributed by atoms with van der Waals surface area (Å²) in [5.41, 5.74) is 3.36. The van der Waals surface area contributed by atoms with E-state index < -0.39 is 11.6 Å². The monoisotopic (exact) mass is 432 g/mol. The highest BCUT2D eigenvalue weighted by atomic mass is 19.1. The molecule has 4 heterocycles. The van der Waals surface area contributed by atoms with Crippen LogP contribution >= 0.6 is 0 Å². The highest BCUT2D eigenvalue weighted by Gasteiger charge is 2.17. The number of aromatic nitrogens is 6. The maximum Gasteiger partial charge on any atom is 0.146 e. The Bertz CT molecular complexity index is 1400. The first-order valence-electron chi connectivity index (χ1n) is 9.73. The van der Waals surface area contributed by atoms with Gasteiger partial charge in [-0.2, -0.15) is 5.10 Å². The van der Waals surface area contributed by atoms with Gasteiger partial charge >= 0.3 is 0 Å². The quantitative estimate of drug-likeness (QED) is 0.427. The number of anilines is 2. The first-order chi connectivity index (χ1) is 15.5. The van der Waals surface area contributed by atoms with E-state index >= 15 is 0 Å². The second-order valence-corrected chi connectivity index (χ2v) is 7.30. The van der Waals surface area contributed by atoms with Crippen molar-refractivity contribution >= 4 is 22.5 Å². The number of imidazole rings is 1. The van der Waals surface area contributed by atoms with E-state index in [1.54, 1.807) is 40.4 Å². The maximum absolute atomic E-state index is 14.0. The van der Waals surface area contributed by atoms with Crippen LogP contribution < -0.4 is 10.7 Å². The van der Waals surface area contributed by atoms with Gasteiger partial charge in [0.25, 0.3) is 0 Å². The lowest BCUT2D eigenvalue weighted by Gasteiger charge is -2.24. The van der Waals surface area contributed by atoms with Gasteiger partial charge in [-0.15, -0.1) is 0 Å². The first kappa shape index (κ1) is 19.6. The molecule has 0 fully saturated rings. The molecule has 160 valence electrons. The van der Waals surface area contributed by atoms with E-state index in [2.05, 4.69) is 15.1 Å². The van der Waals surface area contributed by atoms with Crippen molar-refractivity contribution in [2.75, 3.05) is 10.7 Å². The van der Waals surface area contributed by atoms with Crippen molar-refractivity contribution in [2.24, 2.45) is 7.05 Å². The van der Waals surface area contributed by atoms with Gasteiger partial charge in [-0.1, -0.05) is 0 Å². The van der Waals surface area contributed by atoms with Crippen LogP contribution in [0.25, 0.3) is 22.2 Å². The van der Waals surface area contributed by atoms with Gasteiger partial charge in [0.2, 0.25) is 0 Å². The van der Waals surface area contributed by atoms with Crippen molar-refractivity contribution in [3.63, 3.8) is 0 Å². The molecule has 2 N–H and O–H groups in total. The van der Waals surface area contributed by atoms with E-state index in [0.29, 0.717) is 22.7 Å². The van der Waals surface area contributed by atoms with Crippen molar-refractivity contribution in [1.82, 2.24) is 29.4 Å². The van der Waals surface area contributed by atoms with E-state index in [-0.39, 0.29) is 12.2 Å². The molecule has 10 heteroatoms. The molecule has 32 heavy (non-hydrogen) atoms. The second kappa shape index (κ2) is 7.73. The summed E-state index contributed by atoms with van der Waals surface area (Å²) < 4.78 is 31.1. The number of nitrogens with two attached hydrogens (primary N) is 1. The van der Waals surface area contributed by atoms with Gasteiger partial charge in [-0.05, 0) is 30.3 Å². The molecular formula is C22H18F2N8. The normalized spacial score (nSPS) is 11.2. The number of fused-ring (bicyclic) bond motifs is 1. The topological polar surface area (TPSA) is 90.7 Å². The van der Waals surface area contributed by atoms with Crippen LogP contribution in [0.4, 0.5) is 20.3 Å². The number of rotatable bonds is 5. The van der Waals surface area contributed by atoms with Gasteiger partial charge in [0, 0.05) is 54.7 Å². The summed E-state index contributed by atoms with van der Waals surface area (Å²) in [4.78, 5) is 15.1. The summed E-state index contributed by atoms with van der Waals surface area (Å²) in [6.07, 6.45) is 8.53. The lowest BCUT2D eigenvalue weighted by molar-refractivity contribution is 0.582. The molecule has 0 amide bonds. The van der Waals surface area contributed by atoms with E-state index in [4.69, 9.17) is 10.8 Å². The first-order valence-corrected chi connectivity index (χ1v) is 9.73. The van der Waals surface area contributed by atoms with Crippen molar-refractivity contribution in [3.05, 3.63) is 84.8 Å². The minimum absolute atomic E-state index is 0.153. The Balaban J connectivity index is 1.62. The molecule has 0 saturated heterocycles. The zero-order valence-corrected chi connectivity index (χ0v) is 17.0. The van der Waals surface area contributed by atoms with Crippen molar-refractivity contribution in [1.29, 1.82) is 0 Å². The number of hydrogen-bond donors (Lipinski definition) is 1. The van der Waals surface area contributed by atoms with Crippen molar-refractivity contribution < 1.29 is 8.78 Å². The highest BCUT2D eigenvalue weighted by Crippen LogP contribution is 2.29. The summed E-state index contributed by atoms with van der Waals surface area (Å²) in [5, 5.41) is 4.19. The fourth-order valence-corrected chi connectivity index (χ4v) is 3.48. The van der Waals surface area contributed by atoms with Gasteiger partial charge in [-0.25, -0.2) is 18.7 Å². The molecule has 0 atom stereocenters. The number of nitrogens with zero attached hydrogens (tertiary/aromatic N) is 7. The standard InChI is InChI=1S/C22H18F2N8/c1-30-12-15(11-28-30)14-6-20-19(27-10-14)2-3-21(29-20)31(13-22-26-4-5-32(22)25)18-8-16(23)7-17(24)9-18/h2-12H,13,25H2,1H3. The van der Waals surface area contributed by atoms with E-state index in [1.807, 2.05) is 25.4 Å². The average molecular weight is 432 g/mol. The zero-order valence-electron chi connectivity index (χ0n) is 17.0. The second-order valence-electron chi connectivity index (χ2n) is 7.30. The molecule has 0 unspecified atom stereocenters. The van der Waals surface area contributed by atoms with Crippen LogP contribution in [-0.4, -0.2) is 29.4 Å². The number of aryl methyl sites for hydroxylation is 1. The van der Waals surface area contributed by atoms with Gasteiger partial charge in [-0.3, -0.25) is 14.3 Å². The Morgan fingerprint density at radius 3 is 2.47 bits per heavy atom. The predicted octanol–water partition coefficient (Wildman–Crippen LogP) is 3.56. The third kappa shape index (κ3) is 3.73. The van der Waals surface area contributed by atoms with E-state index in [1.165, 1.54) is 16.8 Å². The Hall–Kier alpha value is -4.34.